The van der Waals surface area contributed by atoms with E-state index in [1.165, 1.54) is 0 Å². The van der Waals surface area contributed by atoms with E-state index in [-0.39, 0.29) is 11.9 Å². The molecule has 2 unspecified atom stereocenters. The highest BCUT2D eigenvalue weighted by Crippen LogP contribution is 2.19. The SMILES string of the molecule is CCNc1cc(C(=O)NC2CCCCC2O)ccn1. The number of rotatable bonds is 4. The minimum Gasteiger partial charge on any atom is -0.391 e. The van der Waals surface area contributed by atoms with Gasteiger partial charge in [0, 0.05) is 18.3 Å². The van der Waals surface area contributed by atoms with Crippen LogP contribution in [0.15, 0.2) is 18.3 Å². The van der Waals surface area contributed by atoms with Gasteiger partial charge in [-0.25, -0.2) is 4.98 Å². The number of carbonyl (C=O) groups excluding carboxylic acids is 1. The van der Waals surface area contributed by atoms with Crippen LogP contribution >= 0.6 is 0 Å². The van der Waals surface area contributed by atoms with Crippen LogP contribution in [0.1, 0.15) is 43.0 Å². The Kier molecular flexibility index (Phi) is 4.74. The summed E-state index contributed by atoms with van der Waals surface area (Å²) in [5.41, 5.74) is 0.573. The van der Waals surface area contributed by atoms with Crippen LogP contribution in [-0.2, 0) is 0 Å². The van der Waals surface area contributed by atoms with Crippen molar-refractivity contribution in [1.82, 2.24) is 10.3 Å². The number of aliphatic hydroxyl groups is 1. The Morgan fingerprint density at radius 1 is 1.47 bits per heavy atom. The summed E-state index contributed by atoms with van der Waals surface area (Å²) < 4.78 is 0. The van der Waals surface area contributed by atoms with Gasteiger partial charge >= 0.3 is 0 Å². The lowest BCUT2D eigenvalue weighted by Crippen LogP contribution is -2.45. The predicted molar refractivity (Wildman–Crippen MR) is 74.1 cm³/mol. The molecule has 2 rings (SSSR count). The summed E-state index contributed by atoms with van der Waals surface area (Å²) in [4.78, 5) is 16.3. The molecule has 0 spiro atoms. The van der Waals surface area contributed by atoms with Gasteiger partial charge in [-0.3, -0.25) is 4.79 Å². The molecule has 1 saturated carbocycles. The van der Waals surface area contributed by atoms with Crippen LogP contribution in [-0.4, -0.2) is 34.7 Å². The van der Waals surface area contributed by atoms with E-state index in [0.29, 0.717) is 11.4 Å². The van der Waals surface area contributed by atoms with Gasteiger partial charge in [0.25, 0.3) is 5.91 Å². The van der Waals surface area contributed by atoms with Gasteiger partial charge in [-0.05, 0) is 31.9 Å². The van der Waals surface area contributed by atoms with E-state index in [9.17, 15) is 9.90 Å². The fourth-order valence-electron chi connectivity index (χ4n) is 2.38. The van der Waals surface area contributed by atoms with Gasteiger partial charge in [-0.1, -0.05) is 12.8 Å². The molecule has 5 heteroatoms. The summed E-state index contributed by atoms with van der Waals surface area (Å²) in [5.74, 6) is 0.548. The molecule has 0 aliphatic heterocycles. The number of carbonyl (C=O) groups is 1. The summed E-state index contributed by atoms with van der Waals surface area (Å²) >= 11 is 0. The maximum atomic E-state index is 12.1. The molecular formula is C14H21N3O2. The van der Waals surface area contributed by atoms with E-state index < -0.39 is 6.10 Å². The Morgan fingerprint density at radius 3 is 3.00 bits per heavy atom. The van der Waals surface area contributed by atoms with Crippen molar-refractivity contribution in [2.24, 2.45) is 0 Å². The van der Waals surface area contributed by atoms with Crippen LogP contribution in [0.3, 0.4) is 0 Å². The zero-order valence-electron chi connectivity index (χ0n) is 11.2. The van der Waals surface area contributed by atoms with Crippen LogP contribution < -0.4 is 10.6 Å². The van der Waals surface area contributed by atoms with Crippen LogP contribution in [0.5, 0.6) is 0 Å². The third-order valence-corrected chi connectivity index (χ3v) is 3.43. The molecule has 0 saturated heterocycles. The van der Waals surface area contributed by atoms with Gasteiger partial charge in [0.1, 0.15) is 5.82 Å². The van der Waals surface area contributed by atoms with E-state index in [0.717, 1.165) is 32.2 Å². The van der Waals surface area contributed by atoms with Crippen molar-refractivity contribution in [2.45, 2.75) is 44.8 Å². The zero-order valence-corrected chi connectivity index (χ0v) is 11.2. The number of aliphatic hydroxyl groups excluding tert-OH is 1. The zero-order chi connectivity index (χ0) is 13.7. The molecule has 2 atom stereocenters. The van der Waals surface area contributed by atoms with E-state index in [1.54, 1.807) is 18.3 Å². The summed E-state index contributed by atoms with van der Waals surface area (Å²) in [6.07, 6.45) is 4.90. The van der Waals surface area contributed by atoms with Gasteiger partial charge in [-0.2, -0.15) is 0 Å². The van der Waals surface area contributed by atoms with Gasteiger partial charge in [-0.15, -0.1) is 0 Å². The van der Waals surface area contributed by atoms with Crippen molar-refractivity contribution in [3.05, 3.63) is 23.9 Å². The van der Waals surface area contributed by atoms with Crippen molar-refractivity contribution < 1.29 is 9.90 Å². The third kappa shape index (κ3) is 3.67. The average molecular weight is 263 g/mol. The molecule has 0 radical (unpaired) electrons. The minimum atomic E-state index is -0.423. The molecule has 1 heterocycles. The molecule has 0 aromatic carbocycles. The molecule has 1 aromatic heterocycles. The van der Waals surface area contributed by atoms with Crippen molar-refractivity contribution in [3.63, 3.8) is 0 Å². The maximum absolute atomic E-state index is 12.1. The summed E-state index contributed by atoms with van der Waals surface area (Å²) in [6, 6.07) is 3.29. The lowest BCUT2D eigenvalue weighted by molar-refractivity contribution is 0.0717. The van der Waals surface area contributed by atoms with Gasteiger partial charge in [0.05, 0.1) is 12.1 Å². The smallest absolute Gasteiger partial charge is 0.251 e. The van der Waals surface area contributed by atoms with Gasteiger partial charge < -0.3 is 15.7 Å². The molecule has 1 amide bonds. The van der Waals surface area contributed by atoms with Crippen LogP contribution in [0.2, 0.25) is 0 Å². The van der Waals surface area contributed by atoms with Gasteiger partial charge in [0.15, 0.2) is 0 Å². The highest BCUT2D eigenvalue weighted by Gasteiger charge is 2.24. The first-order chi connectivity index (χ1) is 9.20. The van der Waals surface area contributed by atoms with Crippen LogP contribution in [0.4, 0.5) is 5.82 Å². The van der Waals surface area contributed by atoms with E-state index in [1.807, 2.05) is 6.92 Å². The molecule has 1 fully saturated rings. The number of amides is 1. The number of aromatic nitrogens is 1. The standard InChI is InChI=1S/C14H21N3O2/c1-2-15-13-9-10(7-8-16-13)14(19)17-11-5-3-4-6-12(11)18/h7-9,11-12,18H,2-6H2,1H3,(H,15,16)(H,17,19). The van der Waals surface area contributed by atoms with E-state index >= 15 is 0 Å². The van der Waals surface area contributed by atoms with Crippen molar-refractivity contribution in [1.29, 1.82) is 0 Å². The maximum Gasteiger partial charge on any atom is 0.251 e. The largest absolute Gasteiger partial charge is 0.391 e. The number of pyridine rings is 1. The molecule has 1 aromatic rings. The predicted octanol–water partition coefficient (Wildman–Crippen LogP) is 1.55. The quantitative estimate of drug-likeness (QED) is 0.770. The molecule has 1 aliphatic carbocycles. The first kappa shape index (κ1) is 13.8. The van der Waals surface area contributed by atoms with Crippen molar-refractivity contribution in [3.8, 4) is 0 Å². The lowest BCUT2D eigenvalue weighted by Gasteiger charge is -2.28. The minimum absolute atomic E-state index is 0.128. The second-order valence-corrected chi connectivity index (χ2v) is 4.89. The number of hydrogen-bond acceptors (Lipinski definition) is 4. The molecule has 1 aliphatic rings. The summed E-state index contributed by atoms with van der Waals surface area (Å²) in [5, 5.41) is 15.8. The molecular weight excluding hydrogens is 242 g/mol. The molecule has 19 heavy (non-hydrogen) atoms. The van der Waals surface area contributed by atoms with E-state index in [2.05, 4.69) is 15.6 Å². The highest BCUT2D eigenvalue weighted by atomic mass is 16.3. The molecule has 5 nitrogen and oxygen atoms in total. The Labute approximate surface area is 113 Å². The first-order valence-corrected chi connectivity index (χ1v) is 6.89. The van der Waals surface area contributed by atoms with Gasteiger partial charge in [0.2, 0.25) is 0 Å². The molecule has 104 valence electrons. The Morgan fingerprint density at radius 2 is 2.26 bits per heavy atom. The average Bonchev–Trinajstić information content (AvgIpc) is 2.42. The molecule has 0 bridgehead atoms. The Bertz CT molecular complexity index is 436. The second-order valence-electron chi connectivity index (χ2n) is 4.89. The third-order valence-electron chi connectivity index (χ3n) is 3.43. The fourth-order valence-corrected chi connectivity index (χ4v) is 2.38. The highest BCUT2D eigenvalue weighted by molar-refractivity contribution is 5.95. The number of nitrogens with one attached hydrogen (secondary N) is 2. The normalized spacial score (nSPS) is 22.8. The lowest BCUT2D eigenvalue weighted by atomic mass is 9.92. The fraction of sp³-hybridized carbons (Fsp3) is 0.571. The number of nitrogens with zero attached hydrogens (tertiary/aromatic N) is 1. The monoisotopic (exact) mass is 263 g/mol. The van der Waals surface area contributed by atoms with E-state index in [4.69, 9.17) is 0 Å². The topological polar surface area (TPSA) is 74.2 Å². The Balaban J connectivity index is 2.00. The second kappa shape index (κ2) is 6.52. The number of anilines is 1. The summed E-state index contributed by atoms with van der Waals surface area (Å²) in [7, 11) is 0. The van der Waals surface area contributed by atoms with Crippen LogP contribution in [0.25, 0.3) is 0 Å². The summed E-state index contributed by atoms with van der Waals surface area (Å²) in [6.45, 7) is 2.74. The number of hydrogen-bond donors (Lipinski definition) is 3. The first-order valence-electron chi connectivity index (χ1n) is 6.89. The molecule has 3 N–H and O–H groups in total. The van der Waals surface area contributed by atoms with Crippen molar-refractivity contribution in [2.75, 3.05) is 11.9 Å². The van der Waals surface area contributed by atoms with Crippen molar-refractivity contribution >= 4 is 11.7 Å². The Hall–Kier alpha value is -1.62. The van der Waals surface area contributed by atoms with Crippen LogP contribution in [0, 0.1) is 0 Å².